The van der Waals surface area contributed by atoms with E-state index in [1.54, 1.807) is 36.4 Å². The maximum absolute atomic E-state index is 11.9. The lowest BCUT2D eigenvalue weighted by Gasteiger charge is -2.08. The SMILES string of the molecule is O=C(Nc1ccc(O)cc1)Nc1ccc(OCF)cc1. The number of carbonyl (C=O) groups is 1. The van der Waals surface area contributed by atoms with Crippen LogP contribution in [0.2, 0.25) is 0 Å². The highest BCUT2D eigenvalue weighted by Gasteiger charge is 2.03. The molecule has 6 heteroatoms. The number of nitrogens with one attached hydrogen (secondary N) is 2. The molecule has 0 aliphatic carbocycles. The van der Waals surface area contributed by atoms with Gasteiger partial charge in [0.25, 0.3) is 0 Å². The number of halogens is 1. The highest BCUT2D eigenvalue weighted by Crippen LogP contribution is 2.17. The number of ether oxygens (including phenoxy) is 1. The van der Waals surface area contributed by atoms with Gasteiger partial charge in [0.05, 0.1) is 0 Å². The quantitative estimate of drug-likeness (QED) is 0.750. The van der Waals surface area contributed by atoms with Crippen molar-refractivity contribution in [2.45, 2.75) is 0 Å². The summed E-state index contributed by atoms with van der Waals surface area (Å²) in [5.41, 5.74) is 1.10. The summed E-state index contributed by atoms with van der Waals surface area (Å²) >= 11 is 0. The Bertz CT molecular complexity index is 570. The second kappa shape index (κ2) is 6.42. The van der Waals surface area contributed by atoms with Gasteiger partial charge in [-0.2, -0.15) is 0 Å². The minimum Gasteiger partial charge on any atom is -0.508 e. The van der Waals surface area contributed by atoms with Crippen molar-refractivity contribution >= 4 is 17.4 Å². The van der Waals surface area contributed by atoms with Crippen molar-refractivity contribution in [3.63, 3.8) is 0 Å². The molecule has 20 heavy (non-hydrogen) atoms. The van der Waals surface area contributed by atoms with E-state index in [1.165, 1.54) is 12.1 Å². The molecule has 2 rings (SSSR count). The smallest absolute Gasteiger partial charge is 0.323 e. The molecule has 0 saturated carbocycles. The summed E-state index contributed by atoms with van der Waals surface area (Å²) < 4.78 is 16.6. The zero-order valence-electron chi connectivity index (χ0n) is 10.5. The first-order valence-corrected chi connectivity index (χ1v) is 5.83. The highest BCUT2D eigenvalue weighted by atomic mass is 19.1. The molecule has 0 saturated heterocycles. The Morgan fingerprint density at radius 3 is 2.00 bits per heavy atom. The number of benzene rings is 2. The van der Waals surface area contributed by atoms with Crippen molar-refractivity contribution < 1.29 is 19.0 Å². The summed E-state index contributed by atoms with van der Waals surface area (Å²) in [6.45, 7) is -0.895. The molecule has 0 aliphatic heterocycles. The van der Waals surface area contributed by atoms with E-state index >= 15 is 0 Å². The van der Waals surface area contributed by atoms with Crippen molar-refractivity contribution in [1.82, 2.24) is 0 Å². The molecule has 0 heterocycles. The average Bonchev–Trinajstić information content (AvgIpc) is 2.44. The van der Waals surface area contributed by atoms with E-state index in [-0.39, 0.29) is 5.75 Å². The van der Waals surface area contributed by atoms with E-state index in [0.717, 1.165) is 0 Å². The summed E-state index contributed by atoms with van der Waals surface area (Å²) in [7, 11) is 0. The zero-order valence-corrected chi connectivity index (χ0v) is 10.5. The Labute approximate surface area is 115 Å². The molecule has 2 amide bonds. The summed E-state index contributed by atoms with van der Waals surface area (Å²) in [5.74, 6) is 0.511. The predicted octanol–water partition coefficient (Wildman–Crippen LogP) is 3.34. The number of anilines is 2. The molecule has 0 aliphatic rings. The van der Waals surface area contributed by atoms with Crippen molar-refractivity contribution in [1.29, 1.82) is 0 Å². The molecule has 0 aromatic heterocycles. The molecule has 5 nitrogen and oxygen atoms in total. The van der Waals surface area contributed by atoms with Crippen LogP contribution >= 0.6 is 0 Å². The van der Waals surface area contributed by atoms with Crippen LogP contribution in [0.5, 0.6) is 11.5 Å². The fourth-order valence-electron chi connectivity index (χ4n) is 1.54. The minimum atomic E-state index is -0.895. The third kappa shape index (κ3) is 3.88. The Morgan fingerprint density at radius 2 is 1.50 bits per heavy atom. The Balaban J connectivity index is 1.92. The third-order valence-electron chi connectivity index (χ3n) is 2.46. The van der Waals surface area contributed by atoms with E-state index in [2.05, 4.69) is 15.4 Å². The molecule has 2 aromatic carbocycles. The van der Waals surface area contributed by atoms with Gasteiger partial charge in [-0.1, -0.05) is 0 Å². The van der Waals surface area contributed by atoms with E-state index in [1.807, 2.05) is 0 Å². The first-order valence-electron chi connectivity index (χ1n) is 5.83. The number of phenolic OH excluding ortho intramolecular Hbond substituents is 1. The number of aromatic hydroxyl groups is 1. The number of urea groups is 1. The molecule has 0 radical (unpaired) electrons. The Morgan fingerprint density at radius 1 is 1.00 bits per heavy atom. The normalized spacial score (nSPS) is 9.85. The van der Waals surface area contributed by atoms with Crippen molar-refractivity contribution in [3.05, 3.63) is 48.5 Å². The van der Waals surface area contributed by atoms with Crippen LogP contribution in [0.4, 0.5) is 20.6 Å². The van der Waals surface area contributed by atoms with Crippen molar-refractivity contribution in [2.75, 3.05) is 17.5 Å². The van der Waals surface area contributed by atoms with Crippen LogP contribution in [-0.4, -0.2) is 18.0 Å². The maximum Gasteiger partial charge on any atom is 0.323 e. The van der Waals surface area contributed by atoms with Gasteiger partial charge in [0, 0.05) is 11.4 Å². The fraction of sp³-hybridized carbons (Fsp3) is 0.0714. The van der Waals surface area contributed by atoms with E-state index in [4.69, 9.17) is 5.11 Å². The molecule has 3 N–H and O–H groups in total. The molecule has 0 spiro atoms. The second-order valence-electron chi connectivity index (χ2n) is 3.90. The van der Waals surface area contributed by atoms with Crippen molar-refractivity contribution in [3.8, 4) is 11.5 Å². The number of amides is 2. The van der Waals surface area contributed by atoms with Gasteiger partial charge in [-0.3, -0.25) is 0 Å². The number of hydrogen-bond donors (Lipinski definition) is 3. The van der Waals surface area contributed by atoms with Gasteiger partial charge in [0.15, 0.2) is 0 Å². The number of hydrogen-bond acceptors (Lipinski definition) is 3. The van der Waals surface area contributed by atoms with Crippen LogP contribution in [0.1, 0.15) is 0 Å². The van der Waals surface area contributed by atoms with Gasteiger partial charge in [0.1, 0.15) is 11.5 Å². The molecule has 2 aromatic rings. The third-order valence-corrected chi connectivity index (χ3v) is 2.46. The number of alkyl halides is 1. The van der Waals surface area contributed by atoms with Gasteiger partial charge in [-0.25, -0.2) is 9.18 Å². The molecular weight excluding hydrogens is 263 g/mol. The molecular formula is C14H13FN2O3. The zero-order chi connectivity index (χ0) is 14.4. The summed E-state index contributed by atoms with van der Waals surface area (Å²) in [6.07, 6.45) is 0. The van der Waals surface area contributed by atoms with Gasteiger partial charge in [0.2, 0.25) is 6.86 Å². The van der Waals surface area contributed by atoms with Gasteiger partial charge in [-0.15, -0.1) is 0 Å². The van der Waals surface area contributed by atoms with Crippen LogP contribution in [-0.2, 0) is 0 Å². The number of rotatable bonds is 4. The van der Waals surface area contributed by atoms with Crippen LogP contribution in [0.3, 0.4) is 0 Å². The Kier molecular flexibility index (Phi) is 4.39. The summed E-state index contributed by atoms with van der Waals surface area (Å²) in [5, 5.41) is 14.3. The lowest BCUT2D eigenvalue weighted by Crippen LogP contribution is -2.19. The lowest BCUT2D eigenvalue weighted by atomic mass is 10.3. The summed E-state index contributed by atoms with van der Waals surface area (Å²) in [4.78, 5) is 11.7. The molecule has 0 bridgehead atoms. The van der Waals surface area contributed by atoms with E-state index < -0.39 is 12.9 Å². The Hall–Kier alpha value is -2.76. The molecule has 104 valence electrons. The van der Waals surface area contributed by atoms with Gasteiger partial charge in [-0.05, 0) is 48.5 Å². The standard InChI is InChI=1S/C14H13FN2O3/c15-9-20-13-7-3-11(4-8-13)17-14(19)16-10-1-5-12(18)6-2-10/h1-8,18H,9H2,(H2,16,17,19). The lowest BCUT2D eigenvalue weighted by molar-refractivity contribution is 0.192. The topological polar surface area (TPSA) is 70.6 Å². The second-order valence-corrected chi connectivity index (χ2v) is 3.90. The summed E-state index contributed by atoms with van der Waals surface area (Å²) in [6, 6.07) is 12.0. The first-order chi connectivity index (χ1) is 9.67. The first kappa shape index (κ1) is 13.7. The fourth-order valence-corrected chi connectivity index (χ4v) is 1.54. The molecule has 0 atom stereocenters. The largest absolute Gasteiger partial charge is 0.508 e. The average molecular weight is 276 g/mol. The predicted molar refractivity (Wildman–Crippen MR) is 73.8 cm³/mol. The molecule has 0 unspecified atom stereocenters. The van der Waals surface area contributed by atoms with Crippen LogP contribution in [0, 0.1) is 0 Å². The monoisotopic (exact) mass is 276 g/mol. The number of phenols is 1. The van der Waals surface area contributed by atoms with E-state index in [9.17, 15) is 9.18 Å². The van der Waals surface area contributed by atoms with Crippen molar-refractivity contribution in [2.24, 2.45) is 0 Å². The minimum absolute atomic E-state index is 0.124. The van der Waals surface area contributed by atoms with E-state index in [0.29, 0.717) is 17.1 Å². The number of carbonyl (C=O) groups excluding carboxylic acids is 1. The van der Waals surface area contributed by atoms with Gasteiger partial charge >= 0.3 is 6.03 Å². The van der Waals surface area contributed by atoms with Crippen LogP contribution < -0.4 is 15.4 Å². The maximum atomic E-state index is 11.9. The van der Waals surface area contributed by atoms with Crippen LogP contribution in [0.25, 0.3) is 0 Å². The highest BCUT2D eigenvalue weighted by molar-refractivity contribution is 5.99. The molecule has 0 fully saturated rings. The van der Waals surface area contributed by atoms with Gasteiger partial charge < -0.3 is 20.5 Å². The van der Waals surface area contributed by atoms with Crippen LogP contribution in [0.15, 0.2) is 48.5 Å².